The number of para-hydroxylation sites is 1. The molecule has 21 heavy (non-hydrogen) atoms. The lowest BCUT2D eigenvalue weighted by molar-refractivity contribution is -0.387. The van der Waals surface area contributed by atoms with Gasteiger partial charge in [-0.3, -0.25) is 14.8 Å². The first-order valence-electron chi connectivity index (χ1n) is 5.83. The first-order chi connectivity index (χ1) is 9.81. The predicted molar refractivity (Wildman–Crippen MR) is 82.8 cm³/mol. The summed E-state index contributed by atoms with van der Waals surface area (Å²) < 4.78 is 27.6. The molecule has 0 heterocycles. The van der Waals surface area contributed by atoms with Crippen LogP contribution in [0.15, 0.2) is 51.8 Å². The topological polar surface area (TPSA) is 89.3 Å². The van der Waals surface area contributed by atoms with E-state index >= 15 is 0 Å². The van der Waals surface area contributed by atoms with Crippen LogP contribution in [-0.4, -0.2) is 13.3 Å². The second-order valence-electron chi connectivity index (χ2n) is 4.31. The Balaban J connectivity index is 2.49. The third-order valence-electron chi connectivity index (χ3n) is 2.72. The molecule has 2 aromatic carbocycles. The fourth-order valence-corrected chi connectivity index (χ4v) is 3.47. The van der Waals surface area contributed by atoms with Crippen LogP contribution >= 0.6 is 15.9 Å². The Morgan fingerprint density at radius 1 is 1.19 bits per heavy atom. The van der Waals surface area contributed by atoms with Crippen molar-refractivity contribution in [1.82, 2.24) is 0 Å². The van der Waals surface area contributed by atoms with Gasteiger partial charge < -0.3 is 0 Å². The van der Waals surface area contributed by atoms with Crippen LogP contribution < -0.4 is 4.72 Å². The largest absolute Gasteiger partial charge is 0.289 e. The molecule has 6 nitrogen and oxygen atoms in total. The Bertz CT molecular complexity index is 806. The first kappa shape index (κ1) is 15.5. The zero-order valence-electron chi connectivity index (χ0n) is 10.9. The maximum absolute atomic E-state index is 12.4. The lowest BCUT2D eigenvalue weighted by Crippen LogP contribution is -2.15. The molecular formula is C13H11BrN2O4S. The van der Waals surface area contributed by atoms with Crippen molar-refractivity contribution in [2.75, 3.05) is 4.72 Å². The smallest absolute Gasteiger partial charge is 0.278 e. The molecule has 0 aliphatic heterocycles. The summed E-state index contributed by atoms with van der Waals surface area (Å²) in [4.78, 5) is 9.85. The molecule has 2 rings (SSSR count). The van der Waals surface area contributed by atoms with E-state index in [9.17, 15) is 18.5 Å². The summed E-state index contributed by atoms with van der Waals surface area (Å²) in [5, 5.41) is 10.9. The minimum Gasteiger partial charge on any atom is -0.278 e. The molecule has 8 heteroatoms. The van der Waals surface area contributed by atoms with Gasteiger partial charge >= 0.3 is 0 Å². The van der Waals surface area contributed by atoms with E-state index in [1.54, 1.807) is 12.1 Å². The van der Waals surface area contributed by atoms with Crippen LogP contribution in [0, 0.1) is 17.0 Å². The monoisotopic (exact) mass is 370 g/mol. The maximum atomic E-state index is 12.4. The fourth-order valence-electron chi connectivity index (χ4n) is 1.75. The quantitative estimate of drug-likeness (QED) is 0.658. The second kappa shape index (κ2) is 5.82. The minimum absolute atomic E-state index is 0.327. The molecule has 0 aliphatic carbocycles. The highest BCUT2D eigenvalue weighted by Crippen LogP contribution is 2.29. The molecule has 0 aliphatic rings. The SMILES string of the molecule is Cc1ccc(Br)c(NS(=O)(=O)c2ccccc2[N+](=O)[O-])c1. The number of sulfonamides is 1. The standard InChI is InChI=1S/C13H11BrN2O4S/c1-9-6-7-10(14)11(8-9)15-21(19,20)13-5-3-2-4-12(13)16(17)18/h2-8,15H,1H3. The number of hydrogen-bond donors (Lipinski definition) is 1. The lowest BCUT2D eigenvalue weighted by atomic mass is 10.2. The average molecular weight is 371 g/mol. The van der Waals surface area contributed by atoms with Crippen LogP contribution in [0.2, 0.25) is 0 Å². The van der Waals surface area contributed by atoms with Gasteiger partial charge in [-0.2, -0.15) is 0 Å². The molecule has 0 unspecified atom stereocenters. The third kappa shape index (κ3) is 3.40. The van der Waals surface area contributed by atoms with Gasteiger partial charge in [-0.1, -0.05) is 18.2 Å². The third-order valence-corrected chi connectivity index (χ3v) is 4.82. The van der Waals surface area contributed by atoms with Crippen molar-refractivity contribution < 1.29 is 13.3 Å². The van der Waals surface area contributed by atoms with Gasteiger partial charge in [0, 0.05) is 10.5 Å². The van der Waals surface area contributed by atoms with Crippen molar-refractivity contribution in [2.45, 2.75) is 11.8 Å². The number of nitrogens with one attached hydrogen (secondary N) is 1. The minimum atomic E-state index is -4.05. The molecule has 2 aromatic rings. The van der Waals surface area contributed by atoms with Crippen molar-refractivity contribution in [3.63, 3.8) is 0 Å². The van der Waals surface area contributed by atoms with E-state index in [0.717, 1.165) is 11.6 Å². The number of anilines is 1. The van der Waals surface area contributed by atoms with Gasteiger partial charge in [0.15, 0.2) is 4.90 Å². The number of benzene rings is 2. The van der Waals surface area contributed by atoms with Crippen molar-refractivity contribution in [3.05, 3.63) is 62.6 Å². The molecule has 110 valence electrons. The molecule has 0 radical (unpaired) electrons. The zero-order chi connectivity index (χ0) is 15.6. The van der Waals surface area contributed by atoms with Crippen LogP contribution in [0.4, 0.5) is 11.4 Å². The molecule has 0 saturated carbocycles. The highest BCUT2D eigenvalue weighted by atomic mass is 79.9. The van der Waals surface area contributed by atoms with E-state index < -0.39 is 20.6 Å². The van der Waals surface area contributed by atoms with E-state index in [-0.39, 0.29) is 4.90 Å². The number of rotatable bonds is 4. The highest BCUT2D eigenvalue weighted by Gasteiger charge is 2.25. The molecule has 0 aromatic heterocycles. The summed E-state index contributed by atoms with van der Waals surface area (Å²) in [6, 6.07) is 10.4. The van der Waals surface area contributed by atoms with Crippen LogP contribution in [-0.2, 0) is 10.0 Å². The molecule has 0 amide bonds. The van der Waals surface area contributed by atoms with Gasteiger partial charge in [-0.25, -0.2) is 8.42 Å². The summed E-state index contributed by atoms with van der Waals surface area (Å²) in [5.74, 6) is 0. The van der Waals surface area contributed by atoms with E-state index in [0.29, 0.717) is 10.2 Å². The fraction of sp³-hybridized carbons (Fsp3) is 0.0769. The summed E-state index contributed by atoms with van der Waals surface area (Å²) in [7, 11) is -4.05. The Hall–Kier alpha value is -1.93. The molecule has 0 bridgehead atoms. The summed E-state index contributed by atoms with van der Waals surface area (Å²) >= 11 is 3.24. The Morgan fingerprint density at radius 3 is 2.52 bits per heavy atom. The molecule has 0 saturated heterocycles. The van der Waals surface area contributed by atoms with Crippen molar-refractivity contribution in [1.29, 1.82) is 0 Å². The van der Waals surface area contributed by atoms with Crippen LogP contribution in [0.1, 0.15) is 5.56 Å². The number of hydrogen-bond acceptors (Lipinski definition) is 4. The lowest BCUT2D eigenvalue weighted by Gasteiger charge is -2.10. The van der Waals surface area contributed by atoms with Gasteiger partial charge in [-0.05, 0) is 46.6 Å². The number of nitrogens with zero attached hydrogens (tertiary/aromatic N) is 1. The normalized spacial score (nSPS) is 11.1. The van der Waals surface area contributed by atoms with Crippen molar-refractivity contribution >= 4 is 37.3 Å². The van der Waals surface area contributed by atoms with Gasteiger partial charge in [-0.15, -0.1) is 0 Å². The van der Waals surface area contributed by atoms with Gasteiger partial charge in [0.2, 0.25) is 0 Å². The van der Waals surface area contributed by atoms with E-state index in [1.165, 1.54) is 18.2 Å². The van der Waals surface area contributed by atoms with Crippen molar-refractivity contribution in [2.24, 2.45) is 0 Å². The van der Waals surface area contributed by atoms with Crippen LogP contribution in [0.3, 0.4) is 0 Å². The molecule has 0 atom stereocenters. The van der Waals surface area contributed by atoms with Gasteiger partial charge in [0.05, 0.1) is 10.6 Å². The predicted octanol–water partition coefficient (Wildman–Crippen LogP) is 3.47. The van der Waals surface area contributed by atoms with E-state index in [4.69, 9.17) is 0 Å². The number of nitro groups is 1. The summed E-state index contributed by atoms with van der Waals surface area (Å²) in [6.07, 6.45) is 0. The van der Waals surface area contributed by atoms with Gasteiger partial charge in [0.1, 0.15) is 0 Å². The van der Waals surface area contributed by atoms with Crippen molar-refractivity contribution in [3.8, 4) is 0 Å². The summed E-state index contributed by atoms with van der Waals surface area (Å²) in [6.45, 7) is 1.81. The molecule has 1 N–H and O–H groups in total. The Kier molecular flexibility index (Phi) is 4.29. The maximum Gasteiger partial charge on any atom is 0.289 e. The summed E-state index contributed by atoms with van der Waals surface area (Å²) in [5.41, 5.74) is 0.723. The van der Waals surface area contributed by atoms with E-state index in [1.807, 2.05) is 13.0 Å². The second-order valence-corrected chi connectivity index (χ2v) is 6.82. The van der Waals surface area contributed by atoms with Crippen LogP contribution in [0.5, 0.6) is 0 Å². The van der Waals surface area contributed by atoms with Crippen LogP contribution in [0.25, 0.3) is 0 Å². The highest BCUT2D eigenvalue weighted by molar-refractivity contribution is 9.10. The molecule has 0 fully saturated rings. The van der Waals surface area contributed by atoms with E-state index in [2.05, 4.69) is 20.7 Å². The number of halogens is 1. The zero-order valence-corrected chi connectivity index (χ0v) is 13.3. The van der Waals surface area contributed by atoms with Gasteiger partial charge in [0.25, 0.3) is 15.7 Å². The number of nitro benzene ring substituents is 1. The average Bonchev–Trinajstić information content (AvgIpc) is 2.42. The Morgan fingerprint density at radius 2 is 1.86 bits per heavy atom. The Labute approximate surface area is 130 Å². The first-order valence-corrected chi connectivity index (χ1v) is 8.11. The number of aryl methyl sites for hydroxylation is 1. The molecular weight excluding hydrogens is 360 g/mol. The molecule has 0 spiro atoms.